The maximum atomic E-state index is 12.4. The van der Waals surface area contributed by atoms with E-state index in [1.165, 1.54) is 0 Å². The third kappa shape index (κ3) is 8.22. The van der Waals surface area contributed by atoms with Gasteiger partial charge in [-0.25, -0.2) is 9.59 Å². The van der Waals surface area contributed by atoms with E-state index in [1.54, 1.807) is 24.3 Å². The van der Waals surface area contributed by atoms with Crippen molar-refractivity contribution in [2.75, 3.05) is 13.2 Å². The van der Waals surface area contributed by atoms with Gasteiger partial charge in [0.05, 0.1) is 17.9 Å². The fraction of sp³-hybridized carbons (Fsp3) is 0.161. The Hall–Kier alpha value is -2.66. The minimum atomic E-state index is -0.533. The van der Waals surface area contributed by atoms with Crippen molar-refractivity contribution in [3.63, 3.8) is 0 Å². The van der Waals surface area contributed by atoms with Crippen molar-refractivity contribution in [2.24, 2.45) is 0 Å². The molecule has 0 N–H and O–H groups in total. The van der Waals surface area contributed by atoms with Crippen molar-refractivity contribution in [3.8, 4) is 23.0 Å². The Morgan fingerprint density at radius 2 is 0.902 bits per heavy atom. The first-order valence-electron chi connectivity index (χ1n) is 12.3. The summed E-state index contributed by atoms with van der Waals surface area (Å²) in [5, 5.41) is 0. The molecule has 0 unspecified atom stereocenters. The summed E-state index contributed by atoms with van der Waals surface area (Å²) in [6, 6.07) is 25.7. The number of ether oxygens (including phenoxy) is 4. The summed E-state index contributed by atoms with van der Waals surface area (Å²) >= 11 is 14.2. The van der Waals surface area contributed by atoms with Gasteiger partial charge in [0.1, 0.15) is 11.5 Å². The van der Waals surface area contributed by atoms with Crippen molar-refractivity contribution >= 4 is 75.7 Å². The number of esters is 2. The van der Waals surface area contributed by atoms with Crippen LogP contribution in [0.4, 0.5) is 0 Å². The molecule has 0 amide bonds. The van der Waals surface area contributed by atoms with Crippen LogP contribution in [0.3, 0.4) is 0 Å². The van der Waals surface area contributed by atoms with Crippen molar-refractivity contribution < 1.29 is 28.5 Å². The summed E-state index contributed by atoms with van der Waals surface area (Å²) in [6.07, 6.45) is 0. The van der Waals surface area contributed by atoms with Crippen LogP contribution in [-0.4, -0.2) is 25.2 Å². The fourth-order valence-corrected chi connectivity index (χ4v) is 6.50. The van der Waals surface area contributed by atoms with E-state index in [4.69, 9.17) is 18.9 Å². The molecule has 41 heavy (non-hydrogen) atoms. The zero-order valence-electron chi connectivity index (χ0n) is 22.0. The van der Waals surface area contributed by atoms with Gasteiger partial charge >= 0.3 is 11.9 Å². The van der Waals surface area contributed by atoms with Crippen LogP contribution in [0.1, 0.15) is 25.0 Å². The number of halogens is 4. The number of rotatable bonds is 10. The first-order valence-corrected chi connectivity index (χ1v) is 15.5. The highest BCUT2D eigenvalue weighted by Crippen LogP contribution is 2.44. The molecule has 0 atom stereocenters. The maximum Gasteiger partial charge on any atom is 0.349 e. The standard InChI is InChI=1S/C31H24Br4O6/c1-31(2,19-13-23(32)29(24(33)14-19)40-27(36)17-38-21-9-5-3-6-10-21)20-15-25(34)30(26(35)16-20)41-28(37)18-39-22-11-7-4-8-12-22/h3-16H,17-18H2,1-2H3. The van der Waals surface area contributed by atoms with Gasteiger partial charge in [0, 0.05) is 5.41 Å². The van der Waals surface area contributed by atoms with E-state index >= 15 is 0 Å². The molecule has 0 saturated carbocycles. The molecule has 212 valence electrons. The lowest BCUT2D eigenvalue weighted by atomic mass is 9.78. The van der Waals surface area contributed by atoms with E-state index in [9.17, 15) is 9.59 Å². The van der Waals surface area contributed by atoms with Crippen molar-refractivity contribution in [2.45, 2.75) is 19.3 Å². The van der Waals surface area contributed by atoms with Gasteiger partial charge in [-0.3, -0.25) is 0 Å². The molecule has 4 aromatic carbocycles. The molecule has 0 saturated heterocycles. The van der Waals surface area contributed by atoms with E-state index in [0.717, 1.165) is 11.1 Å². The summed E-state index contributed by atoms with van der Waals surface area (Å²) in [5.41, 5.74) is 1.39. The highest BCUT2D eigenvalue weighted by atomic mass is 79.9. The van der Waals surface area contributed by atoms with Crippen LogP contribution in [-0.2, 0) is 15.0 Å². The van der Waals surface area contributed by atoms with E-state index in [0.29, 0.717) is 40.9 Å². The molecule has 0 heterocycles. The lowest BCUT2D eigenvalue weighted by Crippen LogP contribution is -2.21. The number of carbonyl (C=O) groups is 2. The molecule has 0 radical (unpaired) electrons. The van der Waals surface area contributed by atoms with Crippen LogP contribution in [0, 0.1) is 0 Å². The molecule has 4 aromatic rings. The first-order chi connectivity index (χ1) is 19.5. The summed E-state index contributed by atoms with van der Waals surface area (Å²) in [4.78, 5) is 24.9. The third-order valence-corrected chi connectivity index (χ3v) is 8.43. The van der Waals surface area contributed by atoms with E-state index in [2.05, 4.69) is 77.6 Å². The monoisotopic (exact) mass is 808 g/mol. The number of para-hydroxylation sites is 2. The van der Waals surface area contributed by atoms with Crippen LogP contribution >= 0.6 is 63.7 Å². The number of hydrogen-bond acceptors (Lipinski definition) is 6. The largest absolute Gasteiger partial charge is 0.482 e. The zero-order valence-corrected chi connectivity index (χ0v) is 28.3. The van der Waals surface area contributed by atoms with Gasteiger partial charge < -0.3 is 18.9 Å². The van der Waals surface area contributed by atoms with E-state index < -0.39 is 17.4 Å². The maximum absolute atomic E-state index is 12.4. The second-order valence-electron chi connectivity index (χ2n) is 9.31. The van der Waals surface area contributed by atoms with Crippen molar-refractivity contribution in [1.29, 1.82) is 0 Å². The normalized spacial score (nSPS) is 11.1. The summed E-state index contributed by atoms with van der Waals surface area (Å²) in [6.45, 7) is 3.67. The summed E-state index contributed by atoms with van der Waals surface area (Å²) < 4.78 is 24.6. The van der Waals surface area contributed by atoms with Gasteiger partial charge in [0.2, 0.25) is 0 Å². The van der Waals surface area contributed by atoms with Crippen molar-refractivity contribution in [3.05, 3.63) is 114 Å². The number of benzene rings is 4. The molecule has 0 aromatic heterocycles. The fourth-order valence-electron chi connectivity index (χ4n) is 3.81. The Kier molecular flexibility index (Phi) is 10.7. The molecule has 0 aliphatic carbocycles. The highest BCUT2D eigenvalue weighted by molar-refractivity contribution is 9.11. The molecular weight excluding hydrogens is 788 g/mol. The Balaban J connectivity index is 1.46. The SMILES string of the molecule is CC(C)(c1cc(Br)c(OC(=O)COc2ccccc2)c(Br)c1)c1cc(Br)c(OC(=O)COc2ccccc2)c(Br)c1. The first kappa shape index (κ1) is 31.3. The van der Waals surface area contributed by atoms with Crippen molar-refractivity contribution in [1.82, 2.24) is 0 Å². The van der Waals surface area contributed by atoms with Crippen LogP contribution in [0.15, 0.2) is 103 Å². The number of hydrogen-bond donors (Lipinski definition) is 0. The van der Waals surface area contributed by atoms with Gasteiger partial charge in [-0.1, -0.05) is 50.2 Å². The van der Waals surface area contributed by atoms with Crippen LogP contribution < -0.4 is 18.9 Å². The van der Waals surface area contributed by atoms with Gasteiger partial charge in [-0.2, -0.15) is 0 Å². The molecular formula is C31H24Br4O6. The van der Waals surface area contributed by atoms with Gasteiger partial charge in [0.15, 0.2) is 24.7 Å². The summed E-state index contributed by atoms with van der Waals surface area (Å²) in [7, 11) is 0. The van der Waals surface area contributed by atoms with Crippen LogP contribution in [0.25, 0.3) is 0 Å². The predicted octanol–water partition coefficient (Wildman–Crippen LogP) is 9.03. The minimum absolute atomic E-state index is 0.229. The third-order valence-electron chi connectivity index (χ3n) is 6.07. The van der Waals surface area contributed by atoms with Crippen LogP contribution in [0.5, 0.6) is 23.0 Å². The second kappa shape index (κ2) is 14.0. The summed E-state index contributed by atoms with van der Waals surface area (Å²) in [5.74, 6) is 0.808. The van der Waals surface area contributed by atoms with Gasteiger partial charge in [-0.05, 0) is 123 Å². The Morgan fingerprint density at radius 3 is 1.22 bits per heavy atom. The Morgan fingerprint density at radius 1 is 0.585 bits per heavy atom. The van der Waals surface area contributed by atoms with Gasteiger partial charge in [0.25, 0.3) is 0 Å². The lowest BCUT2D eigenvalue weighted by molar-refractivity contribution is -0.137. The predicted molar refractivity (Wildman–Crippen MR) is 171 cm³/mol. The van der Waals surface area contributed by atoms with E-state index in [1.807, 2.05) is 60.7 Å². The molecule has 4 rings (SSSR count). The number of carbonyl (C=O) groups excluding carboxylic acids is 2. The molecule has 6 nitrogen and oxygen atoms in total. The average molecular weight is 812 g/mol. The molecule has 0 fully saturated rings. The smallest absolute Gasteiger partial charge is 0.349 e. The molecule has 0 aliphatic rings. The molecule has 0 aliphatic heterocycles. The lowest BCUT2D eigenvalue weighted by Gasteiger charge is -2.28. The zero-order chi connectivity index (χ0) is 29.6. The molecule has 10 heteroatoms. The Labute approximate surface area is 271 Å². The highest BCUT2D eigenvalue weighted by Gasteiger charge is 2.28. The minimum Gasteiger partial charge on any atom is -0.482 e. The quantitative estimate of drug-likeness (QED) is 0.118. The van der Waals surface area contributed by atoms with Crippen LogP contribution in [0.2, 0.25) is 0 Å². The van der Waals surface area contributed by atoms with E-state index in [-0.39, 0.29) is 13.2 Å². The Bertz CT molecular complexity index is 1380. The van der Waals surface area contributed by atoms with Gasteiger partial charge in [-0.15, -0.1) is 0 Å². The second-order valence-corrected chi connectivity index (χ2v) is 12.7. The average Bonchev–Trinajstić information content (AvgIpc) is 2.95. The topological polar surface area (TPSA) is 71.1 Å². The molecule has 0 spiro atoms. The molecule has 0 bridgehead atoms.